The van der Waals surface area contributed by atoms with Crippen LogP contribution in [-0.2, 0) is 0 Å². The van der Waals surface area contributed by atoms with Crippen LogP contribution >= 0.6 is 0 Å². The first-order valence-corrected chi connectivity index (χ1v) is 8.76. The molecule has 3 rings (SSSR count). The number of methoxy groups -OCH3 is 1. The van der Waals surface area contributed by atoms with Gasteiger partial charge in [-0.25, -0.2) is 0 Å². The van der Waals surface area contributed by atoms with Crippen LogP contribution in [0.4, 0.5) is 11.4 Å². The number of piperazine rings is 1. The summed E-state index contributed by atoms with van der Waals surface area (Å²) < 4.78 is 5.43. The molecule has 0 N–H and O–H groups in total. The van der Waals surface area contributed by atoms with Crippen molar-refractivity contribution in [2.24, 2.45) is 5.10 Å². The largest absolute Gasteiger partial charge is 0.495 e. The fourth-order valence-corrected chi connectivity index (χ4v) is 3.02. The monoisotopic (exact) mass is 366 g/mol. The molecule has 0 amide bonds. The molecule has 0 unspecified atom stereocenters. The van der Waals surface area contributed by atoms with Gasteiger partial charge in [0, 0.05) is 25.4 Å². The highest BCUT2D eigenvalue weighted by Crippen LogP contribution is 2.28. The summed E-state index contributed by atoms with van der Waals surface area (Å²) in [6, 6.07) is 14.6. The van der Waals surface area contributed by atoms with E-state index in [9.17, 15) is 10.1 Å². The second-order valence-corrected chi connectivity index (χ2v) is 6.05. The van der Waals surface area contributed by atoms with E-state index in [2.05, 4.69) is 16.1 Å². The molecule has 140 valence electrons. The highest BCUT2D eigenvalue weighted by Gasteiger charge is 2.18. The lowest BCUT2D eigenvalue weighted by Crippen LogP contribution is -2.44. The molecule has 0 saturated carbocycles. The van der Waals surface area contributed by atoms with Crippen LogP contribution in [0.1, 0.15) is 5.56 Å². The molecule has 27 heavy (non-hydrogen) atoms. The summed E-state index contributed by atoms with van der Waals surface area (Å²) in [6.45, 7) is 3.30. The van der Waals surface area contributed by atoms with E-state index in [1.807, 2.05) is 23.2 Å². The van der Waals surface area contributed by atoms with Crippen molar-refractivity contribution >= 4 is 23.7 Å². The summed E-state index contributed by atoms with van der Waals surface area (Å²) in [6.07, 6.45) is 5.11. The lowest BCUT2D eigenvalue weighted by molar-refractivity contribution is -0.385. The van der Waals surface area contributed by atoms with E-state index in [0.717, 1.165) is 37.6 Å². The Morgan fingerprint density at radius 2 is 1.78 bits per heavy atom. The minimum atomic E-state index is -0.381. The summed E-state index contributed by atoms with van der Waals surface area (Å²) in [4.78, 5) is 12.9. The number of benzene rings is 2. The summed E-state index contributed by atoms with van der Waals surface area (Å²) in [5.41, 5.74) is 1.75. The van der Waals surface area contributed by atoms with Crippen LogP contribution in [0.3, 0.4) is 0 Å². The highest BCUT2D eigenvalue weighted by molar-refractivity contribution is 5.79. The molecule has 7 heteroatoms. The number of ether oxygens (including phenoxy) is 1. The minimum absolute atomic E-state index is 0.0903. The van der Waals surface area contributed by atoms with Crippen molar-refractivity contribution in [1.29, 1.82) is 0 Å². The standard InChI is InChI=1S/C20H22N4O3/c1-27-20-11-5-4-10-19(20)22-13-15-23(16-14-22)21-12-6-8-17-7-2-3-9-18(17)24(25)26/h2-12H,13-16H2,1H3/b8-6-,21-12-. The number of nitro groups is 1. The van der Waals surface area contributed by atoms with Crippen LogP contribution < -0.4 is 9.64 Å². The van der Waals surface area contributed by atoms with Crippen molar-refractivity contribution in [3.8, 4) is 5.75 Å². The third kappa shape index (κ3) is 4.63. The van der Waals surface area contributed by atoms with Gasteiger partial charge in [-0.3, -0.25) is 15.1 Å². The number of nitrogens with zero attached hydrogens (tertiary/aromatic N) is 4. The van der Waals surface area contributed by atoms with E-state index in [4.69, 9.17) is 4.74 Å². The van der Waals surface area contributed by atoms with Crippen LogP contribution in [0, 0.1) is 10.1 Å². The molecule has 1 aliphatic rings. The zero-order chi connectivity index (χ0) is 19.1. The summed E-state index contributed by atoms with van der Waals surface area (Å²) in [5.74, 6) is 0.877. The fourth-order valence-electron chi connectivity index (χ4n) is 3.02. The molecule has 2 aromatic carbocycles. The number of hydrogen-bond acceptors (Lipinski definition) is 6. The number of allylic oxidation sites excluding steroid dienone is 1. The Morgan fingerprint density at radius 3 is 2.52 bits per heavy atom. The first-order chi connectivity index (χ1) is 13.2. The van der Waals surface area contributed by atoms with E-state index >= 15 is 0 Å². The maximum absolute atomic E-state index is 11.0. The molecule has 0 atom stereocenters. The van der Waals surface area contributed by atoms with E-state index in [1.165, 1.54) is 6.07 Å². The molecule has 1 fully saturated rings. The zero-order valence-electron chi connectivity index (χ0n) is 15.2. The van der Waals surface area contributed by atoms with Gasteiger partial charge in [-0.1, -0.05) is 24.3 Å². The smallest absolute Gasteiger partial charge is 0.276 e. The Hall–Kier alpha value is -3.35. The van der Waals surface area contributed by atoms with Crippen LogP contribution in [0.5, 0.6) is 5.75 Å². The number of rotatable bonds is 6. The maximum Gasteiger partial charge on any atom is 0.276 e. The molecule has 7 nitrogen and oxygen atoms in total. The van der Waals surface area contributed by atoms with Gasteiger partial charge in [-0.05, 0) is 30.4 Å². The van der Waals surface area contributed by atoms with Crippen molar-refractivity contribution < 1.29 is 9.66 Å². The van der Waals surface area contributed by atoms with Crippen LogP contribution in [0.15, 0.2) is 59.7 Å². The second kappa shape index (κ2) is 8.84. The van der Waals surface area contributed by atoms with Crippen LogP contribution in [-0.4, -0.2) is 49.4 Å². The lowest BCUT2D eigenvalue weighted by Gasteiger charge is -2.35. The third-order valence-electron chi connectivity index (χ3n) is 4.41. The van der Waals surface area contributed by atoms with Gasteiger partial charge in [0.1, 0.15) is 5.75 Å². The lowest BCUT2D eigenvalue weighted by atomic mass is 10.1. The predicted molar refractivity (Wildman–Crippen MR) is 107 cm³/mol. The quantitative estimate of drug-likeness (QED) is 0.445. The summed E-state index contributed by atoms with van der Waals surface area (Å²) in [5, 5.41) is 17.4. The fraction of sp³-hybridized carbons (Fsp3) is 0.250. The Kier molecular flexibility index (Phi) is 6.04. The van der Waals surface area contributed by atoms with E-state index < -0.39 is 0 Å². The summed E-state index contributed by atoms with van der Waals surface area (Å²) in [7, 11) is 1.68. The molecule has 2 aromatic rings. The first-order valence-electron chi connectivity index (χ1n) is 8.76. The average molecular weight is 366 g/mol. The molecule has 0 radical (unpaired) electrons. The molecule has 0 bridgehead atoms. The number of hydrogen-bond donors (Lipinski definition) is 0. The van der Waals surface area contributed by atoms with Gasteiger partial charge in [0.15, 0.2) is 0 Å². The SMILES string of the molecule is COc1ccccc1N1CCN(/N=C\C=C/c2ccccc2[N+](=O)[O-])CC1. The van der Waals surface area contributed by atoms with Gasteiger partial charge in [0.25, 0.3) is 5.69 Å². The molecular formula is C20H22N4O3. The van der Waals surface area contributed by atoms with Gasteiger partial charge in [0.05, 0.1) is 36.4 Å². The molecule has 1 saturated heterocycles. The van der Waals surface area contributed by atoms with Gasteiger partial charge in [-0.15, -0.1) is 0 Å². The topological polar surface area (TPSA) is 71.2 Å². The number of hydrazone groups is 1. The number of nitro benzene ring substituents is 1. The van der Waals surface area contributed by atoms with Crippen LogP contribution in [0.2, 0.25) is 0 Å². The van der Waals surface area contributed by atoms with Crippen molar-refractivity contribution in [3.05, 3.63) is 70.3 Å². The molecule has 0 aromatic heterocycles. The number of para-hydroxylation sites is 3. The third-order valence-corrected chi connectivity index (χ3v) is 4.41. The van der Waals surface area contributed by atoms with Gasteiger partial charge < -0.3 is 9.64 Å². The van der Waals surface area contributed by atoms with Crippen LogP contribution in [0.25, 0.3) is 6.08 Å². The predicted octanol–water partition coefficient (Wildman–Crippen LogP) is 3.42. The number of anilines is 1. The molecule has 0 aliphatic carbocycles. The van der Waals surface area contributed by atoms with E-state index in [1.54, 1.807) is 43.7 Å². The summed E-state index contributed by atoms with van der Waals surface area (Å²) >= 11 is 0. The van der Waals surface area contributed by atoms with Gasteiger partial charge in [0.2, 0.25) is 0 Å². The maximum atomic E-state index is 11.0. The van der Waals surface area contributed by atoms with Gasteiger partial charge >= 0.3 is 0 Å². The molecule has 1 aliphatic heterocycles. The Morgan fingerprint density at radius 1 is 1.07 bits per heavy atom. The molecule has 1 heterocycles. The van der Waals surface area contributed by atoms with E-state index in [0.29, 0.717) is 5.56 Å². The Labute approximate surface area is 158 Å². The first kappa shape index (κ1) is 18.4. The normalized spacial score (nSPS) is 14.9. The van der Waals surface area contributed by atoms with Gasteiger partial charge in [-0.2, -0.15) is 5.10 Å². The highest BCUT2D eigenvalue weighted by atomic mass is 16.6. The Bertz CT molecular complexity index is 843. The van der Waals surface area contributed by atoms with E-state index in [-0.39, 0.29) is 10.6 Å². The Balaban J connectivity index is 1.56. The average Bonchev–Trinajstić information content (AvgIpc) is 2.72. The zero-order valence-corrected chi connectivity index (χ0v) is 15.2. The van der Waals surface area contributed by atoms with Crippen molar-refractivity contribution in [3.63, 3.8) is 0 Å². The van der Waals surface area contributed by atoms with Crippen molar-refractivity contribution in [1.82, 2.24) is 5.01 Å². The minimum Gasteiger partial charge on any atom is -0.495 e. The molecular weight excluding hydrogens is 344 g/mol. The van der Waals surface area contributed by atoms with Crippen molar-refractivity contribution in [2.45, 2.75) is 0 Å². The molecule has 0 spiro atoms. The van der Waals surface area contributed by atoms with Crippen molar-refractivity contribution in [2.75, 3.05) is 38.2 Å². The second-order valence-electron chi connectivity index (χ2n) is 6.05.